The van der Waals surface area contributed by atoms with E-state index in [4.69, 9.17) is 11.6 Å². The maximum atomic E-state index is 5.98. The highest BCUT2D eigenvalue weighted by atomic mass is 35.5. The number of benzene rings is 1. The smallest absolute Gasteiger partial charge is 0.107 e. The summed E-state index contributed by atoms with van der Waals surface area (Å²) in [5.74, 6) is 0. The van der Waals surface area contributed by atoms with E-state index in [1.54, 1.807) is 17.5 Å². The highest BCUT2D eigenvalue weighted by Crippen LogP contribution is 2.24. The van der Waals surface area contributed by atoms with Gasteiger partial charge in [0.05, 0.1) is 4.88 Å². The molecule has 5 heteroatoms. The average Bonchev–Trinajstić information content (AvgIpc) is 3.01. The predicted molar refractivity (Wildman–Crippen MR) is 92.2 cm³/mol. The lowest BCUT2D eigenvalue weighted by Gasteiger charge is -2.03. The molecule has 0 atom stereocenters. The van der Waals surface area contributed by atoms with Crippen molar-refractivity contribution in [3.05, 3.63) is 70.6 Å². The van der Waals surface area contributed by atoms with Gasteiger partial charge in [0, 0.05) is 35.7 Å². The first-order chi connectivity index (χ1) is 10.8. The van der Waals surface area contributed by atoms with Crippen molar-refractivity contribution in [1.29, 1.82) is 0 Å². The largest absolute Gasteiger partial charge is 0.310 e. The monoisotopic (exact) mass is 329 g/mol. The Kier molecular flexibility index (Phi) is 5.16. The molecule has 1 aromatic carbocycles. The highest BCUT2D eigenvalue weighted by molar-refractivity contribution is 7.15. The normalized spacial score (nSPS) is 10.8. The van der Waals surface area contributed by atoms with E-state index in [0.717, 1.165) is 40.0 Å². The highest BCUT2D eigenvalue weighted by Gasteiger charge is 2.04. The van der Waals surface area contributed by atoms with Crippen LogP contribution in [0.3, 0.4) is 0 Å². The van der Waals surface area contributed by atoms with Crippen LogP contribution in [0.15, 0.2) is 55.0 Å². The fourth-order valence-corrected chi connectivity index (χ4v) is 3.24. The third-order valence-electron chi connectivity index (χ3n) is 3.26. The predicted octanol–water partition coefficient (Wildman–Crippen LogP) is 4.19. The van der Waals surface area contributed by atoms with Gasteiger partial charge in [0.15, 0.2) is 0 Å². The Hall–Kier alpha value is -1.75. The molecule has 0 radical (unpaired) electrons. The van der Waals surface area contributed by atoms with Gasteiger partial charge in [0.25, 0.3) is 0 Å². The van der Waals surface area contributed by atoms with Gasteiger partial charge < -0.3 is 5.32 Å². The lowest BCUT2D eigenvalue weighted by molar-refractivity contribution is 0.684. The number of halogens is 1. The quantitative estimate of drug-likeness (QED) is 0.689. The van der Waals surface area contributed by atoms with Crippen molar-refractivity contribution >= 4 is 22.9 Å². The SMILES string of the molecule is Clc1cccc(CCNCc2ncc(-c3cccnc3)s2)c1. The molecule has 1 N–H and O–H groups in total. The van der Waals surface area contributed by atoms with E-state index in [9.17, 15) is 0 Å². The van der Waals surface area contributed by atoms with E-state index < -0.39 is 0 Å². The molecular formula is C17H16ClN3S. The molecule has 0 aliphatic heterocycles. The van der Waals surface area contributed by atoms with E-state index >= 15 is 0 Å². The molecule has 112 valence electrons. The first-order valence-corrected chi connectivity index (χ1v) is 8.31. The average molecular weight is 330 g/mol. The van der Waals surface area contributed by atoms with Crippen LogP contribution in [0.2, 0.25) is 5.02 Å². The summed E-state index contributed by atoms with van der Waals surface area (Å²) in [5.41, 5.74) is 2.36. The second-order valence-electron chi connectivity index (χ2n) is 4.92. The zero-order valence-corrected chi connectivity index (χ0v) is 13.6. The maximum Gasteiger partial charge on any atom is 0.107 e. The molecule has 22 heavy (non-hydrogen) atoms. The minimum Gasteiger partial charge on any atom is -0.310 e. The minimum absolute atomic E-state index is 0.783. The Morgan fingerprint density at radius 3 is 2.91 bits per heavy atom. The number of thiazole rings is 1. The molecule has 0 fully saturated rings. The van der Waals surface area contributed by atoms with Crippen molar-refractivity contribution in [2.24, 2.45) is 0 Å². The van der Waals surface area contributed by atoms with Crippen molar-refractivity contribution in [2.45, 2.75) is 13.0 Å². The summed E-state index contributed by atoms with van der Waals surface area (Å²) in [6.45, 7) is 1.69. The number of pyridine rings is 1. The van der Waals surface area contributed by atoms with Crippen LogP contribution in [0.5, 0.6) is 0 Å². The lowest BCUT2D eigenvalue weighted by atomic mass is 10.1. The van der Waals surface area contributed by atoms with Gasteiger partial charge in [-0.1, -0.05) is 29.8 Å². The second-order valence-corrected chi connectivity index (χ2v) is 6.47. The van der Waals surface area contributed by atoms with Gasteiger partial charge in [-0.2, -0.15) is 0 Å². The number of nitrogens with one attached hydrogen (secondary N) is 1. The third-order valence-corrected chi connectivity index (χ3v) is 4.54. The first kappa shape index (κ1) is 15.2. The van der Waals surface area contributed by atoms with Gasteiger partial charge in [-0.15, -0.1) is 11.3 Å². The Morgan fingerprint density at radius 1 is 1.14 bits per heavy atom. The maximum absolute atomic E-state index is 5.98. The van der Waals surface area contributed by atoms with Gasteiger partial charge in [-0.25, -0.2) is 4.98 Å². The van der Waals surface area contributed by atoms with Crippen LogP contribution in [0, 0.1) is 0 Å². The molecule has 0 saturated heterocycles. The molecule has 3 rings (SSSR count). The molecule has 0 aliphatic carbocycles. The van der Waals surface area contributed by atoms with E-state index in [-0.39, 0.29) is 0 Å². The number of hydrogen-bond donors (Lipinski definition) is 1. The van der Waals surface area contributed by atoms with Crippen LogP contribution >= 0.6 is 22.9 Å². The van der Waals surface area contributed by atoms with Crippen LogP contribution in [0.25, 0.3) is 10.4 Å². The van der Waals surface area contributed by atoms with Crippen molar-refractivity contribution in [2.75, 3.05) is 6.54 Å². The van der Waals surface area contributed by atoms with E-state index in [1.807, 2.05) is 36.7 Å². The molecule has 3 nitrogen and oxygen atoms in total. The molecule has 0 spiro atoms. The summed E-state index contributed by atoms with van der Waals surface area (Å²) in [6, 6.07) is 12.0. The lowest BCUT2D eigenvalue weighted by Crippen LogP contribution is -2.16. The zero-order valence-electron chi connectivity index (χ0n) is 12.0. The topological polar surface area (TPSA) is 37.8 Å². The van der Waals surface area contributed by atoms with E-state index in [1.165, 1.54) is 5.56 Å². The van der Waals surface area contributed by atoms with Crippen LogP contribution in [0.1, 0.15) is 10.6 Å². The van der Waals surface area contributed by atoms with Crippen LogP contribution in [0.4, 0.5) is 0 Å². The summed E-state index contributed by atoms with van der Waals surface area (Å²) in [4.78, 5) is 9.75. The van der Waals surface area contributed by atoms with Crippen molar-refractivity contribution in [1.82, 2.24) is 15.3 Å². The Balaban J connectivity index is 1.49. The van der Waals surface area contributed by atoms with Crippen molar-refractivity contribution in [3.8, 4) is 10.4 Å². The molecule has 0 bridgehead atoms. The number of nitrogens with zero attached hydrogens (tertiary/aromatic N) is 2. The Labute approximate surface area is 139 Å². The minimum atomic E-state index is 0.783. The van der Waals surface area contributed by atoms with Crippen LogP contribution in [-0.4, -0.2) is 16.5 Å². The van der Waals surface area contributed by atoms with Crippen LogP contribution in [-0.2, 0) is 13.0 Å². The molecule has 0 unspecified atom stereocenters. The summed E-state index contributed by atoms with van der Waals surface area (Å²) in [5, 5.41) is 5.30. The Morgan fingerprint density at radius 2 is 2.09 bits per heavy atom. The first-order valence-electron chi connectivity index (χ1n) is 7.11. The van der Waals surface area contributed by atoms with Gasteiger partial charge in [0.1, 0.15) is 5.01 Å². The van der Waals surface area contributed by atoms with Gasteiger partial charge in [-0.05, 0) is 36.7 Å². The van der Waals surface area contributed by atoms with Crippen LogP contribution < -0.4 is 5.32 Å². The van der Waals surface area contributed by atoms with E-state index in [2.05, 4.69) is 27.4 Å². The number of rotatable bonds is 6. The summed E-state index contributed by atoms with van der Waals surface area (Å²) < 4.78 is 0. The molecular weight excluding hydrogens is 314 g/mol. The molecule has 0 aliphatic rings. The third kappa shape index (κ3) is 4.13. The molecule has 0 amide bonds. The summed E-state index contributed by atoms with van der Waals surface area (Å²) in [6.07, 6.45) is 6.52. The number of aromatic nitrogens is 2. The van der Waals surface area contributed by atoms with Gasteiger partial charge in [0.2, 0.25) is 0 Å². The van der Waals surface area contributed by atoms with Crippen molar-refractivity contribution < 1.29 is 0 Å². The molecule has 2 heterocycles. The van der Waals surface area contributed by atoms with E-state index in [0.29, 0.717) is 0 Å². The fourth-order valence-electron chi connectivity index (χ4n) is 2.15. The van der Waals surface area contributed by atoms with Gasteiger partial charge in [-0.3, -0.25) is 4.98 Å². The Bertz CT molecular complexity index is 728. The van der Waals surface area contributed by atoms with Gasteiger partial charge >= 0.3 is 0 Å². The zero-order chi connectivity index (χ0) is 15.2. The summed E-state index contributed by atoms with van der Waals surface area (Å²) in [7, 11) is 0. The molecule has 2 aromatic heterocycles. The standard InChI is InChI=1S/C17H16ClN3S/c18-15-5-1-3-13(9-15)6-8-20-12-17-21-11-16(22-17)14-4-2-7-19-10-14/h1-5,7,9-11,20H,6,8,12H2. The fraction of sp³-hybridized carbons (Fsp3) is 0.176. The molecule has 3 aromatic rings. The summed E-state index contributed by atoms with van der Waals surface area (Å²) >= 11 is 7.68. The van der Waals surface area contributed by atoms with Crippen molar-refractivity contribution in [3.63, 3.8) is 0 Å². The second kappa shape index (κ2) is 7.49. The number of hydrogen-bond acceptors (Lipinski definition) is 4. The molecule has 0 saturated carbocycles.